The van der Waals surface area contributed by atoms with Crippen molar-refractivity contribution in [1.29, 1.82) is 0 Å². The van der Waals surface area contributed by atoms with Crippen molar-refractivity contribution in [3.63, 3.8) is 0 Å². The van der Waals surface area contributed by atoms with Gasteiger partial charge >= 0.3 is 0 Å². The number of benzene rings is 2. The summed E-state index contributed by atoms with van der Waals surface area (Å²) in [4.78, 5) is 0.295. The maximum Gasteiger partial charge on any atom is 0.243 e. The number of hydrazone groups is 1. The zero-order valence-electron chi connectivity index (χ0n) is 21.3. The van der Waals surface area contributed by atoms with Crippen LogP contribution in [0, 0.1) is 20.8 Å². The highest BCUT2D eigenvalue weighted by Gasteiger charge is 2.24. The zero-order chi connectivity index (χ0) is 25.8. The van der Waals surface area contributed by atoms with Gasteiger partial charge in [-0.05, 0) is 75.2 Å². The minimum absolute atomic E-state index is 0.295. The SMILES string of the molecule is CCCN(CCC)S(=O)(=O)c1ccc2c(c1)c(/C=N\NC(=S)Nc1c(C)cc(C)cc1C)cn2C. The molecule has 1 heterocycles. The molecule has 0 aliphatic heterocycles. The van der Waals surface area contributed by atoms with E-state index < -0.39 is 10.0 Å². The second-order valence-corrected chi connectivity index (χ2v) is 11.2. The first-order chi connectivity index (χ1) is 16.6. The van der Waals surface area contributed by atoms with Crippen molar-refractivity contribution >= 4 is 50.2 Å². The first kappa shape index (κ1) is 26.8. The van der Waals surface area contributed by atoms with Gasteiger partial charge in [0.1, 0.15) is 0 Å². The molecule has 0 atom stereocenters. The number of rotatable bonds is 9. The molecule has 2 aromatic carbocycles. The lowest BCUT2D eigenvalue weighted by atomic mass is 10.1. The summed E-state index contributed by atoms with van der Waals surface area (Å²) in [5.74, 6) is 0. The second kappa shape index (κ2) is 11.3. The van der Waals surface area contributed by atoms with Gasteiger partial charge in [-0.3, -0.25) is 5.43 Å². The third-order valence-corrected chi connectivity index (χ3v) is 7.95. The van der Waals surface area contributed by atoms with Gasteiger partial charge in [0.15, 0.2) is 5.11 Å². The van der Waals surface area contributed by atoms with E-state index in [-0.39, 0.29) is 0 Å². The predicted octanol–water partition coefficient (Wildman–Crippen LogP) is 5.23. The van der Waals surface area contributed by atoms with Crippen LogP contribution in [0.5, 0.6) is 0 Å². The maximum atomic E-state index is 13.3. The molecule has 0 spiro atoms. The number of sulfonamides is 1. The Hall–Kier alpha value is -2.75. The van der Waals surface area contributed by atoms with Crippen molar-refractivity contribution in [3.05, 3.63) is 58.8 Å². The van der Waals surface area contributed by atoms with Crippen molar-refractivity contribution in [2.45, 2.75) is 52.4 Å². The molecule has 35 heavy (non-hydrogen) atoms. The molecule has 0 aliphatic carbocycles. The van der Waals surface area contributed by atoms with Gasteiger partial charge in [-0.15, -0.1) is 0 Å². The van der Waals surface area contributed by atoms with Gasteiger partial charge in [-0.2, -0.15) is 9.41 Å². The fourth-order valence-electron chi connectivity index (χ4n) is 4.34. The lowest BCUT2D eigenvalue weighted by Gasteiger charge is -2.21. The summed E-state index contributed by atoms with van der Waals surface area (Å²) >= 11 is 5.43. The molecule has 0 saturated heterocycles. The molecule has 0 unspecified atom stereocenters. The Morgan fingerprint density at radius 1 is 1.09 bits per heavy atom. The Kier molecular flexibility index (Phi) is 8.69. The van der Waals surface area contributed by atoms with E-state index in [0.717, 1.165) is 46.1 Å². The Morgan fingerprint density at radius 3 is 2.31 bits per heavy atom. The van der Waals surface area contributed by atoms with Crippen molar-refractivity contribution < 1.29 is 8.42 Å². The molecule has 0 aliphatic rings. The Morgan fingerprint density at radius 2 is 1.71 bits per heavy atom. The van der Waals surface area contributed by atoms with E-state index in [1.165, 1.54) is 5.56 Å². The van der Waals surface area contributed by atoms with Crippen molar-refractivity contribution in [3.8, 4) is 0 Å². The molecule has 1 aromatic heterocycles. The molecule has 0 saturated carbocycles. The standard InChI is InChI=1S/C26H35N5O2S2/c1-7-11-31(12-8-2)35(32,33)22-9-10-24-23(15-22)21(17-30(24)6)16-27-29-26(34)28-25-19(4)13-18(3)14-20(25)5/h9-10,13-17H,7-8,11-12H2,1-6H3,(H2,28,29,34)/b27-16-. The Bertz CT molecular complexity index is 1330. The van der Waals surface area contributed by atoms with Crippen LogP contribution in [0.3, 0.4) is 0 Å². The highest BCUT2D eigenvalue weighted by molar-refractivity contribution is 7.89. The van der Waals surface area contributed by atoms with Gasteiger partial charge in [0.05, 0.1) is 11.1 Å². The fourth-order valence-corrected chi connectivity index (χ4v) is 6.15. The lowest BCUT2D eigenvalue weighted by Crippen LogP contribution is -2.32. The van der Waals surface area contributed by atoms with Gasteiger partial charge < -0.3 is 9.88 Å². The summed E-state index contributed by atoms with van der Waals surface area (Å²) in [6, 6.07) is 9.47. The molecule has 3 aromatic rings. The number of hydrogen-bond acceptors (Lipinski definition) is 4. The van der Waals surface area contributed by atoms with E-state index in [0.29, 0.717) is 23.1 Å². The maximum absolute atomic E-state index is 13.3. The zero-order valence-corrected chi connectivity index (χ0v) is 23.0. The number of aryl methyl sites for hydroxylation is 4. The largest absolute Gasteiger partial charge is 0.350 e. The lowest BCUT2D eigenvalue weighted by molar-refractivity contribution is 0.410. The number of nitrogens with one attached hydrogen (secondary N) is 2. The topological polar surface area (TPSA) is 78.7 Å². The first-order valence-corrected chi connectivity index (χ1v) is 13.7. The summed E-state index contributed by atoms with van der Waals surface area (Å²) in [6.07, 6.45) is 5.13. The van der Waals surface area contributed by atoms with Gasteiger partial charge in [-0.1, -0.05) is 31.5 Å². The van der Waals surface area contributed by atoms with E-state index in [1.54, 1.807) is 22.7 Å². The van der Waals surface area contributed by atoms with Crippen LogP contribution in [-0.4, -0.2) is 41.7 Å². The van der Waals surface area contributed by atoms with Crippen LogP contribution in [0.25, 0.3) is 10.9 Å². The fraction of sp³-hybridized carbons (Fsp3) is 0.385. The number of anilines is 1. The molecule has 0 fully saturated rings. The van der Waals surface area contributed by atoms with E-state index in [1.807, 2.05) is 51.6 Å². The number of nitrogens with zero attached hydrogens (tertiary/aromatic N) is 3. The molecular formula is C26H35N5O2S2. The molecule has 0 bridgehead atoms. The van der Waals surface area contributed by atoms with Crippen LogP contribution in [0.1, 0.15) is 48.9 Å². The van der Waals surface area contributed by atoms with E-state index in [4.69, 9.17) is 12.2 Å². The molecule has 188 valence electrons. The second-order valence-electron chi connectivity index (χ2n) is 8.88. The monoisotopic (exact) mass is 513 g/mol. The molecule has 3 rings (SSSR count). The minimum atomic E-state index is -3.57. The highest BCUT2D eigenvalue weighted by atomic mass is 32.2. The summed E-state index contributed by atoms with van der Waals surface area (Å²) in [5, 5.41) is 8.73. The third-order valence-electron chi connectivity index (χ3n) is 5.86. The van der Waals surface area contributed by atoms with Crippen LogP contribution in [0.15, 0.2) is 46.5 Å². The molecule has 9 heteroatoms. The summed E-state index contributed by atoms with van der Waals surface area (Å²) in [7, 11) is -1.64. The average molecular weight is 514 g/mol. The Balaban J connectivity index is 1.84. The quantitative estimate of drug-likeness (QED) is 0.233. The van der Waals surface area contributed by atoms with Crippen molar-refractivity contribution in [2.24, 2.45) is 12.1 Å². The van der Waals surface area contributed by atoms with Crippen LogP contribution >= 0.6 is 12.2 Å². The number of aromatic nitrogens is 1. The van der Waals surface area contributed by atoms with Crippen LogP contribution in [-0.2, 0) is 17.1 Å². The third kappa shape index (κ3) is 6.09. The Labute approximate surface area is 214 Å². The van der Waals surface area contributed by atoms with Gasteiger partial charge in [0.25, 0.3) is 0 Å². The van der Waals surface area contributed by atoms with Crippen LogP contribution in [0.4, 0.5) is 5.69 Å². The molecule has 7 nitrogen and oxygen atoms in total. The van der Waals surface area contributed by atoms with Gasteiger partial charge in [0.2, 0.25) is 10.0 Å². The minimum Gasteiger partial charge on any atom is -0.350 e. The van der Waals surface area contributed by atoms with Crippen molar-refractivity contribution in [1.82, 2.24) is 14.3 Å². The average Bonchev–Trinajstić information content (AvgIpc) is 3.11. The number of thiocarbonyl (C=S) groups is 1. The van der Waals surface area contributed by atoms with Crippen LogP contribution in [0.2, 0.25) is 0 Å². The van der Waals surface area contributed by atoms with E-state index in [2.05, 4.69) is 34.9 Å². The van der Waals surface area contributed by atoms with E-state index >= 15 is 0 Å². The molecule has 0 amide bonds. The van der Waals surface area contributed by atoms with E-state index in [9.17, 15) is 8.42 Å². The van der Waals surface area contributed by atoms with Crippen LogP contribution < -0.4 is 10.7 Å². The summed E-state index contributed by atoms with van der Waals surface area (Å²) in [5.41, 5.74) is 8.99. The van der Waals surface area contributed by atoms with Gasteiger partial charge in [0, 0.05) is 48.5 Å². The first-order valence-electron chi connectivity index (χ1n) is 11.9. The molecule has 2 N–H and O–H groups in total. The normalized spacial score (nSPS) is 12.1. The number of hydrogen-bond donors (Lipinski definition) is 2. The molecular weight excluding hydrogens is 478 g/mol. The van der Waals surface area contributed by atoms with Gasteiger partial charge in [-0.25, -0.2) is 8.42 Å². The predicted molar refractivity (Wildman–Crippen MR) is 150 cm³/mol. The summed E-state index contributed by atoms with van der Waals surface area (Å²) in [6.45, 7) is 11.1. The van der Waals surface area contributed by atoms with Crippen molar-refractivity contribution in [2.75, 3.05) is 18.4 Å². The highest BCUT2D eigenvalue weighted by Crippen LogP contribution is 2.26. The smallest absolute Gasteiger partial charge is 0.243 e. The number of fused-ring (bicyclic) bond motifs is 1. The summed E-state index contributed by atoms with van der Waals surface area (Å²) < 4.78 is 30.1. The molecule has 0 radical (unpaired) electrons.